The topological polar surface area (TPSA) is 87.9 Å². The van der Waals surface area contributed by atoms with Crippen LogP contribution in [0, 0.1) is 11.3 Å². The van der Waals surface area contributed by atoms with Gasteiger partial charge in [-0.05, 0) is 31.0 Å². The molecule has 0 saturated heterocycles. The van der Waals surface area contributed by atoms with Crippen LogP contribution in [-0.4, -0.2) is 43.2 Å². The van der Waals surface area contributed by atoms with E-state index in [2.05, 4.69) is 45.2 Å². The van der Waals surface area contributed by atoms with Gasteiger partial charge in [0.15, 0.2) is 0 Å². The van der Waals surface area contributed by atoms with Crippen molar-refractivity contribution in [1.82, 2.24) is 29.6 Å². The Labute approximate surface area is 175 Å². The summed E-state index contributed by atoms with van der Waals surface area (Å²) in [5.74, 6) is 0.921. The van der Waals surface area contributed by atoms with Crippen LogP contribution in [0.5, 0.6) is 0 Å². The number of rotatable bonds is 7. The predicted molar refractivity (Wildman–Crippen MR) is 116 cm³/mol. The molecule has 8 nitrogen and oxygen atoms in total. The van der Waals surface area contributed by atoms with Crippen molar-refractivity contribution in [3.8, 4) is 28.5 Å². The molecular weight excluding hydrogens is 376 g/mol. The van der Waals surface area contributed by atoms with Gasteiger partial charge in [0.2, 0.25) is 0 Å². The highest BCUT2D eigenvalue weighted by atomic mass is 15.4. The van der Waals surface area contributed by atoms with E-state index in [4.69, 9.17) is 0 Å². The van der Waals surface area contributed by atoms with Gasteiger partial charge in [-0.15, -0.1) is 5.10 Å². The van der Waals surface area contributed by atoms with Gasteiger partial charge in [0, 0.05) is 49.2 Å². The van der Waals surface area contributed by atoms with Crippen LogP contribution in [0.2, 0.25) is 0 Å². The number of pyridine rings is 2. The molecule has 4 rings (SSSR count). The van der Waals surface area contributed by atoms with Crippen molar-refractivity contribution in [2.24, 2.45) is 0 Å². The smallest absolute Gasteiger partial charge is 0.128 e. The Kier molecular flexibility index (Phi) is 5.44. The maximum absolute atomic E-state index is 9.57. The minimum Gasteiger partial charge on any atom is -0.360 e. The fourth-order valence-electron chi connectivity index (χ4n) is 3.55. The van der Waals surface area contributed by atoms with Crippen molar-refractivity contribution >= 4 is 11.3 Å². The molecule has 0 saturated carbocycles. The van der Waals surface area contributed by atoms with Crippen LogP contribution in [0.3, 0.4) is 0 Å². The number of anilines is 1. The molecule has 0 radical (unpaired) electrons. The molecule has 0 N–H and O–H groups in total. The molecule has 0 bridgehead atoms. The Morgan fingerprint density at radius 3 is 2.67 bits per heavy atom. The Hall–Kier alpha value is -3.73. The van der Waals surface area contributed by atoms with Crippen LogP contribution in [0.25, 0.3) is 27.9 Å². The monoisotopic (exact) mass is 400 g/mol. The summed E-state index contributed by atoms with van der Waals surface area (Å²) >= 11 is 0. The van der Waals surface area contributed by atoms with Crippen LogP contribution in [-0.2, 0) is 6.54 Å². The second kappa shape index (κ2) is 8.33. The summed E-state index contributed by atoms with van der Waals surface area (Å²) in [4.78, 5) is 6.76. The lowest BCUT2D eigenvalue weighted by molar-refractivity contribution is 0.579. The number of nitriles is 1. The summed E-state index contributed by atoms with van der Waals surface area (Å²) in [6.07, 6.45) is 9.31. The predicted octanol–water partition coefficient (Wildman–Crippen LogP) is 3.78. The maximum atomic E-state index is 9.57. The number of aryl methyl sites for hydroxylation is 1. The first-order chi connectivity index (χ1) is 14.6. The molecule has 0 unspecified atom stereocenters. The molecule has 0 aliphatic heterocycles. The first-order valence-corrected chi connectivity index (χ1v) is 10.1. The summed E-state index contributed by atoms with van der Waals surface area (Å²) in [5.41, 5.74) is 4.77. The second-order valence-electron chi connectivity index (χ2n) is 7.30. The highest BCUT2D eigenvalue weighted by Gasteiger charge is 2.15. The third kappa shape index (κ3) is 3.62. The van der Waals surface area contributed by atoms with Gasteiger partial charge in [0.25, 0.3) is 0 Å². The van der Waals surface area contributed by atoms with E-state index in [1.54, 1.807) is 10.7 Å². The zero-order valence-corrected chi connectivity index (χ0v) is 17.4. The lowest BCUT2D eigenvalue weighted by Gasteiger charge is -2.17. The van der Waals surface area contributed by atoms with Gasteiger partial charge in [0.05, 0.1) is 23.5 Å². The lowest BCUT2D eigenvalue weighted by Crippen LogP contribution is -2.18. The molecule has 152 valence electrons. The number of hydrogen-bond donors (Lipinski definition) is 0. The summed E-state index contributed by atoms with van der Waals surface area (Å²) in [5, 5.41) is 22.5. The summed E-state index contributed by atoms with van der Waals surface area (Å²) in [6.45, 7) is 6.01. The first kappa shape index (κ1) is 19.6. The molecule has 4 aromatic heterocycles. The van der Waals surface area contributed by atoms with Gasteiger partial charge in [0.1, 0.15) is 17.6 Å². The molecule has 0 aromatic carbocycles. The molecule has 30 heavy (non-hydrogen) atoms. The van der Waals surface area contributed by atoms with Gasteiger partial charge in [-0.1, -0.05) is 19.1 Å². The fourth-order valence-corrected chi connectivity index (χ4v) is 3.55. The van der Waals surface area contributed by atoms with Crippen LogP contribution in [0.4, 0.5) is 5.82 Å². The van der Waals surface area contributed by atoms with Gasteiger partial charge < -0.3 is 4.90 Å². The number of fused-ring (bicyclic) bond motifs is 1. The van der Waals surface area contributed by atoms with Gasteiger partial charge in [-0.2, -0.15) is 10.4 Å². The zero-order valence-electron chi connectivity index (χ0n) is 17.4. The highest BCUT2D eigenvalue weighted by Crippen LogP contribution is 2.31. The van der Waals surface area contributed by atoms with Gasteiger partial charge >= 0.3 is 0 Å². The SMILES string of the molecule is CCCN(C)c1ccc(-c2cc(-c3cn(CCC)nn3)cn3ncc(C#N)c23)cn1. The van der Waals surface area contributed by atoms with Crippen LogP contribution >= 0.6 is 0 Å². The Morgan fingerprint density at radius 1 is 1.10 bits per heavy atom. The van der Waals surface area contributed by atoms with Crippen molar-refractivity contribution in [3.63, 3.8) is 0 Å². The maximum Gasteiger partial charge on any atom is 0.128 e. The molecule has 0 amide bonds. The third-order valence-electron chi connectivity index (χ3n) is 5.03. The number of nitrogens with zero attached hydrogens (tertiary/aromatic N) is 8. The van der Waals surface area contributed by atoms with E-state index in [0.717, 1.165) is 59.7 Å². The standard InChI is InChI=1S/C22H24N8/c1-4-8-28(3)21-7-6-16(12-24-21)19-10-17(20-15-29(9-5-2)27-26-20)14-30-22(19)18(11-23)13-25-30/h6-7,10,12-15H,4-5,8-9H2,1-3H3. The minimum atomic E-state index is 0.526. The zero-order chi connectivity index (χ0) is 21.1. The van der Waals surface area contributed by atoms with Crippen molar-refractivity contribution in [3.05, 3.63) is 48.5 Å². The molecule has 4 heterocycles. The van der Waals surface area contributed by atoms with Crippen molar-refractivity contribution in [1.29, 1.82) is 5.26 Å². The Balaban J connectivity index is 1.82. The van der Waals surface area contributed by atoms with Crippen LogP contribution < -0.4 is 4.90 Å². The summed E-state index contributed by atoms with van der Waals surface area (Å²) in [6, 6.07) is 8.32. The molecule has 0 aliphatic rings. The largest absolute Gasteiger partial charge is 0.360 e. The molecule has 8 heteroatoms. The quantitative estimate of drug-likeness (QED) is 0.469. The highest BCUT2D eigenvalue weighted by molar-refractivity contribution is 5.87. The van der Waals surface area contributed by atoms with Gasteiger partial charge in [-0.25, -0.2) is 9.50 Å². The Morgan fingerprint density at radius 2 is 1.97 bits per heavy atom. The van der Waals surface area contributed by atoms with E-state index in [0.29, 0.717) is 5.56 Å². The Bertz CT molecular complexity index is 1200. The van der Waals surface area contributed by atoms with E-state index in [1.807, 2.05) is 48.5 Å². The van der Waals surface area contributed by atoms with Crippen molar-refractivity contribution in [2.75, 3.05) is 18.5 Å². The number of aromatic nitrogens is 6. The normalized spacial score (nSPS) is 11.0. The summed E-state index contributed by atoms with van der Waals surface area (Å²) < 4.78 is 3.57. The number of hydrogen-bond acceptors (Lipinski definition) is 6. The van der Waals surface area contributed by atoms with E-state index in [1.165, 1.54) is 0 Å². The molecule has 0 aliphatic carbocycles. The van der Waals surface area contributed by atoms with Crippen LogP contribution in [0.15, 0.2) is 43.0 Å². The summed E-state index contributed by atoms with van der Waals surface area (Å²) in [7, 11) is 2.04. The van der Waals surface area contributed by atoms with E-state index < -0.39 is 0 Å². The van der Waals surface area contributed by atoms with Gasteiger partial charge in [-0.3, -0.25) is 4.68 Å². The minimum absolute atomic E-state index is 0.526. The molecule has 0 fully saturated rings. The second-order valence-corrected chi connectivity index (χ2v) is 7.30. The average Bonchev–Trinajstić information content (AvgIpc) is 3.40. The fraction of sp³-hybridized carbons (Fsp3) is 0.318. The first-order valence-electron chi connectivity index (χ1n) is 10.1. The molecular formula is C22H24N8. The van der Waals surface area contributed by atoms with E-state index in [-0.39, 0.29) is 0 Å². The third-order valence-corrected chi connectivity index (χ3v) is 5.03. The molecule has 0 spiro atoms. The van der Waals surface area contributed by atoms with E-state index >= 15 is 0 Å². The molecule has 0 atom stereocenters. The molecule has 4 aromatic rings. The average molecular weight is 400 g/mol. The van der Waals surface area contributed by atoms with Crippen molar-refractivity contribution < 1.29 is 0 Å². The van der Waals surface area contributed by atoms with Crippen molar-refractivity contribution in [2.45, 2.75) is 33.2 Å². The van der Waals surface area contributed by atoms with Crippen LogP contribution in [0.1, 0.15) is 32.3 Å². The van der Waals surface area contributed by atoms with E-state index in [9.17, 15) is 5.26 Å². The lowest BCUT2D eigenvalue weighted by atomic mass is 10.0.